The second kappa shape index (κ2) is 7.29. The van der Waals surface area contributed by atoms with E-state index in [1.54, 1.807) is 12.4 Å². The van der Waals surface area contributed by atoms with E-state index in [1.807, 2.05) is 36.0 Å². The van der Waals surface area contributed by atoms with E-state index in [1.165, 1.54) is 11.1 Å². The molecule has 24 heavy (non-hydrogen) atoms. The number of carbonyl (C=O) groups is 1. The smallest absolute Gasteiger partial charge is 0.222 e. The van der Waals surface area contributed by atoms with Crippen LogP contribution in [0.15, 0.2) is 36.7 Å². The molecule has 0 radical (unpaired) electrons. The molecule has 3 rings (SSSR count). The quantitative estimate of drug-likeness (QED) is 0.883. The van der Waals surface area contributed by atoms with E-state index in [0.29, 0.717) is 19.5 Å². The predicted octanol–water partition coefficient (Wildman–Crippen LogP) is 2.28. The summed E-state index contributed by atoms with van der Waals surface area (Å²) >= 11 is 0. The molecule has 0 bridgehead atoms. The van der Waals surface area contributed by atoms with Gasteiger partial charge in [-0.05, 0) is 17.5 Å². The van der Waals surface area contributed by atoms with Crippen LogP contribution in [0.4, 0.5) is 11.6 Å². The Bertz CT molecular complexity index is 716. The maximum Gasteiger partial charge on any atom is 0.222 e. The molecule has 0 spiro atoms. The fraction of sp³-hybridized carbons (Fsp3) is 0.389. The molecule has 1 aliphatic rings. The molecule has 126 valence electrons. The summed E-state index contributed by atoms with van der Waals surface area (Å²) in [5, 5.41) is 3.37. The summed E-state index contributed by atoms with van der Waals surface area (Å²) in [5.41, 5.74) is 2.35. The molecule has 6 nitrogen and oxygen atoms in total. The SMILES string of the molecule is CN(C)c1nccnc1NCc1ccccc1CN1CCCC1=O. The van der Waals surface area contributed by atoms with Crippen molar-refractivity contribution in [3.8, 4) is 0 Å². The highest BCUT2D eigenvalue weighted by Crippen LogP contribution is 2.21. The monoisotopic (exact) mass is 325 g/mol. The molecule has 1 saturated heterocycles. The number of rotatable bonds is 6. The largest absolute Gasteiger partial charge is 0.363 e. The molecular formula is C18H23N5O. The average molecular weight is 325 g/mol. The van der Waals surface area contributed by atoms with Gasteiger partial charge in [0.15, 0.2) is 11.6 Å². The van der Waals surface area contributed by atoms with Gasteiger partial charge in [-0.3, -0.25) is 4.79 Å². The number of amides is 1. The van der Waals surface area contributed by atoms with Gasteiger partial charge in [0.05, 0.1) is 0 Å². The number of aromatic nitrogens is 2. The Morgan fingerprint density at radius 2 is 1.92 bits per heavy atom. The van der Waals surface area contributed by atoms with Crippen molar-refractivity contribution in [1.29, 1.82) is 0 Å². The molecule has 6 heteroatoms. The van der Waals surface area contributed by atoms with Crippen molar-refractivity contribution in [1.82, 2.24) is 14.9 Å². The summed E-state index contributed by atoms with van der Waals surface area (Å²) in [6.45, 7) is 2.19. The van der Waals surface area contributed by atoms with Crippen LogP contribution in [0.3, 0.4) is 0 Å². The van der Waals surface area contributed by atoms with E-state index >= 15 is 0 Å². The van der Waals surface area contributed by atoms with Gasteiger partial charge in [-0.15, -0.1) is 0 Å². The molecule has 1 N–H and O–H groups in total. The zero-order valence-electron chi connectivity index (χ0n) is 14.2. The second-order valence-electron chi connectivity index (χ2n) is 6.16. The molecule has 2 aromatic rings. The lowest BCUT2D eigenvalue weighted by Crippen LogP contribution is -2.24. The number of likely N-dealkylation sites (tertiary alicyclic amines) is 1. The van der Waals surface area contributed by atoms with Gasteiger partial charge in [-0.25, -0.2) is 9.97 Å². The molecular weight excluding hydrogens is 302 g/mol. The van der Waals surface area contributed by atoms with Crippen LogP contribution in [0.2, 0.25) is 0 Å². The summed E-state index contributed by atoms with van der Waals surface area (Å²) in [7, 11) is 3.89. The van der Waals surface area contributed by atoms with Crippen LogP contribution in [0.25, 0.3) is 0 Å². The third kappa shape index (κ3) is 3.64. The van der Waals surface area contributed by atoms with Crippen molar-refractivity contribution in [3.63, 3.8) is 0 Å². The molecule has 0 saturated carbocycles. The van der Waals surface area contributed by atoms with Crippen LogP contribution in [0.5, 0.6) is 0 Å². The molecule has 1 amide bonds. The Hall–Kier alpha value is -2.63. The Morgan fingerprint density at radius 1 is 1.17 bits per heavy atom. The van der Waals surface area contributed by atoms with Crippen LogP contribution in [0.1, 0.15) is 24.0 Å². The third-order valence-electron chi connectivity index (χ3n) is 4.20. The minimum Gasteiger partial charge on any atom is -0.363 e. The summed E-state index contributed by atoms with van der Waals surface area (Å²) < 4.78 is 0. The first-order valence-electron chi connectivity index (χ1n) is 8.22. The van der Waals surface area contributed by atoms with E-state index in [-0.39, 0.29) is 5.91 Å². The van der Waals surface area contributed by atoms with Crippen molar-refractivity contribution < 1.29 is 4.79 Å². The van der Waals surface area contributed by atoms with Gasteiger partial charge in [0, 0.05) is 52.5 Å². The fourth-order valence-corrected chi connectivity index (χ4v) is 2.92. The summed E-state index contributed by atoms with van der Waals surface area (Å²) in [5.74, 6) is 1.82. The molecule has 0 atom stereocenters. The molecule has 1 aromatic carbocycles. The lowest BCUT2D eigenvalue weighted by atomic mass is 10.1. The Labute approximate surface area is 142 Å². The number of benzene rings is 1. The number of anilines is 2. The zero-order chi connectivity index (χ0) is 16.9. The highest BCUT2D eigenvalue weighted by atomic mass is 16.2. The van der Waals surface area contributed by atoms with Crippen LogP contribution in [0, 0.1) is 0 Å². The molecule has 1 aromatic heterocycles. The molecule has 0 aliphatic carbocycles. The van der Waals surface area contributed by atoms with E-state index in [2.05, 4.69) is 27.4 Å². The molecule has 0 unspecified atom stereocenters. The van der Waals surface area contributed by atoms with Crippen LogP contribution in [-0.4, -0.2) is 41.4 Å². The van der Waals surface area contributed by atoms with Gasteiger partial charge >= 0.3 is 0 Å². The fourth-order valence-electron chi connectivity index (χ4n) is 2.92. The summed E-state index contributed by atoms with van der Waals surface area (Å²) in [6.07, 6.45) is 5.01. The van der Waals surface area contributed by atoms with Gasteiger partial charge in [0.1, 0.15) is 0 Å². The van der Waals surface area contributed by atoms with Crippen molar-refractivity contribution >= 4 is 17.5 Å². The lowest BCUT2D eigenvalue weighted by Gasteiger charge is -2.19. The van der Waals surface area contributed by atoms with Crippen LogP contribution >= 0.6 is 0 Å². The summed E-state index contributed by atoms with van der Waals surface area (Å²) in [4.78, 5) is 24.5. The highest BCUT2D eigenvalue weighted by molar-refractivity contribution is 5.78. The second-order valence-corrected chi connectivity index (χ2v) is 6.16. The topological polar surface area (TPSA) is 61.4 Å². The van der Waals surface area contributed by atoms with Crippen molar-refractivity contribution in [2.75, 3.05) is 30.9 Å². The first-order valence-corrected chi connectivity index (χ1v) is 8.22. The van der Waals surface area contributed by atoms with Crippen LogP contribution in [-0.2, 0) is 17.9 Å². The minimum absolute atomic E-state index is 0.251. The van der Waals surface area contributed by atoms with Gasteiger partial charge in [-0.1, -0.05) is 24.3 Å². The van der Waals surface area contributed by atoms with Crippen LogP contribution < -0.4 is 10.2 Å². The molecule has 2 heterocycles. The van der Waals surface area contributed by atoms with E-state index < -0.39 is 0 Å². The third-order valence-corrected chi connectivity index (χ3v) is 4.20. The Morgan fingerprint density at radius 3 is 2.62 bits per heavy atom. The number of hydrogen-bond donors (Lipinski definition) is 1. The zero-order valence-corrected chi connectivity index (χ0v) is 14.2. The highest BCUT2D eigenvalue weighted by Gasteiger charge is 2.20. The molecule has 1 fully saturated rings. The first-order chi connectivity index (χ1) is 11.6. The van der Waals surface area contributed by atoms with Crippen molar-refractivity contribution in [3.05, 3.63) is 47.8 Å². The van der Waals surface area contributed by atoms with Gasteiger partial charge in [0.2, 0.25) is 5.91 Å². The van der Waals surface area contributed by atoms with Crippen molar-refractivity contribution in [2.24, 2.45) is 0 Å². The number of nitrogens with zero attached hydrogens (tertiary/aromatic N) is 4. The Kier molecular flexibility index (Phi) is 4.93. The summed E-state index contributed by atoms with van der Waals surface area (Å²) in [6, 6.07) is 8.23. The van der Waals surface area contributed by atoms with Gasteiger partial charge in [0.25, 0.3) is 0 Å². The number of carbonyl (C=O) groups excluding carboxylic acids is 1. The van der Waals surface area contributed by atoms with Gasteiger partial charge in [-0.2, -0.15) is 0 Å². The maximum absolute atomic E-state index is 11.9. The number of nitrogens with one attached hydrogen (secondary N) is 1. The maximum atomic E-state index is 11.9. The first kappa shape index (κ1) is 16.2. The Balaban J connectivity index is 1.73. The predicted molar refractivity (Wildman–Crippen MR) is 94.8 cm³/mol. The van der Waals surface area contributed by atoms with Gasteiger partial charge < -0.3 is 15.1 Å². The minimum atomic E-state index is 0.251. The van der Waals surface area contributed by atoms with E-state index in [4.69, 9.17) is 0 Å². The standard InChI is InChI=1S/C18H23N5O/c1-22(2)18-17(19-9-10-20-18)21-12-14-6-3-4-7-15(14)13-23-11-5-8-16(23)24/h3-4,6-7,9-10H,5,8,11-13H2,1-2H3,(H,19,21). The average Bonchev–Trinajstić information content (AvgIpc) is 2.99. The normalized spacial score (nSPS) is 14.1. The lowest BCUT2D eigenvalue weighted by molar-refractivity contribution is -0.128. The van der Waals surface area contributed by atoms with Crippen molar-refractivity contribution in [2.45, 2.75) is 25.9 Å². The molecule has 1 aliphatic heterocycles. The van der Waals surface area contributed by atoms with E-state index in [0.717, 1.165) is 24.6 Å². The number of hydrogen-bond acceptors (Lipinski definition) is 5. The van der Waals surface area contributed by atoms with E-state index in [9.17, 15) is 4.79 Å².